The van der Waals surface area contributed by atoms with Gasteiger partial charge in [-0.2, -0.15) is 5.26 Å². The monoisotopic (exact) mass is 432 g/mol. The summed E-state index contributed by atoms with van der Waals surface area (Å²) in [6.07, 6.45) is 1.56. The molecule has 0 atom stereocenters. The van der Waals surface area contributed by atoms with E-state index in [9.17, 15) is 10.1 Å². The third-order valence-corrected chi connectivity index (χ3v) is 5.22. The SMILES string of the molecule is COc1cc2nc(/C(C#N)=C/c3cc4cccc(C)c4nc3Cl)[nH]c(=O)c2cc1OC. The van der Waals surface area contributed by atoms with Gasteiger partial charge in [-0.05, 0) is 30.7 Å². The fraction of sp³-hybridized carbons (Fsp3) is 0.130. The zero-order valence-corrected chi connectivity index (χ0v) is 17.7. The number of nitrogens with one attached hydrogen (secondary N) is 1. The fourth-order valence-corrected chi connectivity index (χ4v) is 3.54. The van der Waals surface area contributed by atoms with E-state index >= 15 is 0 Å². The highest BCUT2D eigenvalue weighted by Gasteiger charge is 2.14. The molecule has 0 amide bonds. The van der Waals surface area contributed by atoms with E-state index in [2.05, 4.69) is 21.0 Å². The second-order valence-corrected chi connectivity index (χ2v) is 7.18. The van der Waals surface area contributed by atoms with Crippen molar-refractivity contribution >= 4 is 45.1 Å². The van der Waals surface area contributed by atoms with Crippen LogP contribution in [0.3, 0.4) is 0 Å². The number of aromatic nitrogens is 3. The summed E-state index contributed by atoms with van der Waals surface area (Å²) in [5, 5.41) is 11.2. The van der Waals surface area contributed by atoms with Crippen LogP contribution < -0.4 is 15.0 Å². The summed E-state index contributed by atoms with van der Waals surface area (Å²) in [6.45, 7) is 1.95. The van der Waals surface area contributed by atoms with Gasteiger partial charge in [-0.25, -0.2) is 9.97 Å². The van der Waals surface area contributed by atoms with E-state index in [1.54, 1.807) is 18.2 Å². The van der Waals surface area contributed by atoms with Gasteiger partial charge in [-0.3, -0.25) is 4.79 Å². The van der Waals surface area contributed by atoms with Crippen LogP contribution >= 0.6 is 11.6 Å². The lowest BCUT2D eigenvalue weighted by Gasteiger charge is -2.09. The average Bonchev–Trinajstić information content (AvgIpc) is 2.77. The Morgan fingerprint density at radius 2 is 1.90 bits per heavy atom. The third kappa shape index (κ3) is 3.69. The minimum atomic E-state index is -0.402. The Hall–Kier alpha value is -3.89. The minimum Gasteiger partial charge on any atom is -0.493 e. The van der Waals surface area contributed by atoms with Gasteiger partial charge in [0.2, 0.25) is 0 Å². The number of hydrogen-bond donors (Lipinski definition) is 1. The molecule has 0 radical (unpaired) electrons. The molecule has 8 heteroatoms. The number of rotatable bonds is 4. The topological polar surface area (TPSA) is 101 Å². The van der Waals surface area contributed by atoms with Crippen molar-refractivity contribution in [2.75, 3.05) is 14.2 Å². The summed E-state index contributed by atoms with van der Waals surface area (Å²) in [6, 6.07) is 12.9. The summed E-state index contributed by atoms with van der Waals surface area (Å²) in [4.78, 5) is 24.2. The maximum atomic E-state index is 12.7. The van der Waals surface area contributed by atoms with Gasteiger partial charge < -0.3 is 14.5 Å². The molecule has 0 spiro atoms. The van der Waals surface area contributed by atoms with E-state index in [-0.39, 0.29) is 16.6 Å². The smallest absolute Gasteiger partial charge is 0.259 e. The predicted molar refractivity (Wildman–Crippen MR) is 120 cm³/mol. The van der Waals surface area contributed by atoms with Gasteiger partial charge in [0.25, 0.3) is 5.56 Å². The third-order valence-electron chi connectivity index (χ3n) is 4.91. The molecular formula is C23H17ClN4O3. The van der Waals surface area contributed by atoms with Crippen molar-refractivity contribution in [3.63, 3.8) is 0 Å². The zero-order chi connectivity index (χ0) is 22.1. The number of nitrogens with zero attached hydrogens (tertiary/aromatic N) is 3. The molecule has 0 aliphatic heterocycles. The van der Waals surface area contributed by atoms with Gasteiger partial charge in [0.15, 0.2) is 17.3 Å². The molecule has 2 aromatic carbocycles. The van der Waals surface area contributed by atoms with Crippen LogP contribution in [-0.4, -0.2) is 29.2 Å². The van der Waals surface area contributed by atoms with E-state index in [0.29, 0.717) is 28.0 Å². The van der Waals surface area contributed by atoms with E-state index in [1.807, 2.05) is 31.2 Å². The number of ether oxygens (including phenoxy) is 2. The lowest BCUT2D eigenvalue weighted by Crippen LogP contribution is -2.11. The molecule has 0 aliphatic carbocycles. The number of aryl methyl sites for hydroxylation is 1. The van der Waals surface area contributed by atoms with E-state index in [0.717, 1.165) is 16.5 Å². The normalized spacial score (nSPS) is 11.5. The number of methoxy groups -OCH3 is 2. The van der Waals surface area contributed by atoms with Crippen molar-refractivity contribution in [3.05, 3.63) is 68.9 Å². The molecule has 0 saturated heterocycles. The number of benzene rings is 2. The zero-order valence-electron chi connectivity index (χ0n) is 17.0. The molecule has 1 N–H and O–H groups in total. The van der Waals surface area contributed by atoms with Crippen molar-refractivity contribution < 1.29 is 9.47 Å². The standard InChI is InChI=1S/C23H17ClN4O3/c1-12-5-4-6-13-7-14(21(24)27-20(12)13)8-15(11-25)22-26-17-10-19(31-3)18(30-2)9-16(17)23(29)28-22/h4-10H,1-3H3,(H,26,28,29)/b15-8+. The van der Waals surface area contributed by atoms with Crippen LogP contribution in [0.1, 0.15) is 17.0 Å². The molecule has 2 heterocycles. The first-order valence-electron chi connectivity index (χ1n) is 9.29. The van der Waals surface area contributed by atoms with Crippen molar-refractivity contribution in [1.82, 2.24) is 15.0 Å². The van der Waals surface area contributed by atoms with Crippen molar-refractivity contribution in [3.8, 4) is 17.6 Å². The molecular weight excluding hydrogens is 416 g/mol. The van der Waals surface area contributed by atoms with Crippen LogP contribution in [0.15, 0.2) is 41.2 Å². The predicted octanol–water partition coefficient (Wildman–Crippen LogP) is 4.51. The highest BCUT2D eigenvalue weighted by Crippen LogP contribution is 2.31. The fourth-order valence-electron chi connectivity index (χ4n) is 3.34. The molecule has 0 saturated carbocycles. The first-order chi connectivity index (χ1) is 14.9. The Kier molecular flexibility index (Phi) is 5.32. The number of hydrogen-bond acceptors (Lipinski definition) is 6. The summed E-state index contributed by atoms with van der Waals surface area (Å²) in [5.74, 6) is 0.960. The second kappa shape index (κ2) is 8.09. The number of allylic oxidation sites excluding steroid dienone is 1. The lowest BCUT2D eigenvalue weighted by molar-refractivity contribution is 0.355. The molecule has 2 aromatic heterocycles. The largest absolute Gasteiger partial charge is 0.493 e. The molecule has 0 unspecified atom stereocenters. The Labute approximate surface area is 182 Å². The quantitative estimate of drug-likeness (QED) is 0.376. The van der Waals surface area contributed by atoms with Gasteiger partial charge in [-0.1, -0.05) is 29.8 Å². The summed E-state index contributed by atoms with van der Waals surface area (Å²) in [7, 11) is 2.98. The lowest BCUT2D eigenvalue weighted by atomic mass is 10.1. The maximum absolute atomic E-state index is 12.7. The van der Waals surface area contributed by atoms with Crippen LogP contribution in [0.2, 0.25) is 5.15 Å². The Morgan fingerprint density at radius 3 is 2.61 bits per heavy atom. The molecule has 31 heavy (non-hydrogen) atoms. The van der Waals surface area contributed by atoms with Crippen LogP contribution in [0, 0.1) is 18.3 Å². The molecule has 0 aliphatic rings. The summed E-state index contributed by atoms with van der Waals surface area (Å²) < 4.78 is 10.5. The van der Waals surface area contributed by atoms with Gasteiger partial charge in [-0.15, -0.1) is 0 Å². The van der Waals surface area contributed by atoms with Crippen LogP contribution in [0.5, 0.6) is 11.5 Å². The molecule has 154 valence electrons. The Balaban J connectivity index is 1.89. The first-order valence-corrected chi connectivity index (χ1v) is 9.67. The number of fused-ring (bicyclic) bond motifs is 2. The number of halogens is 1. The van der Waals surface area contributed by atoms with Gasteiger partial charge >= 0.3 is 0 Å². The number of H-pyrrole nitrogens is 1. The molecule has 0 bridgehead atoms. The number of aromatic amines is 1. The van der Waals surface area contributed by atoms with Gasteiger partial charge in [0.05, 0.1) is 36.2 Å². The van der Waals surface area contributed by atoms with Gasteiger partial charge in [0.1, 0.15) is 11.2 Å². The highest BCUT2D eigenvalue weighted by atomic mass is 35.5. The maximum Gasteiger partial charge on any atom is 0.259 e. The van der Waals surface area contributed by atoms with Crippen molar-refractivity contribution in [1.29, 1.82) is 5.26 Å². The first kappa shape index (κ1) is 20.4. The molecule has 7 nitrogen and oxygen atoms in total. The Bertz CT molecular complexity index is 1470. The highest BCUT2D eigenvalue weighted by molar-refractivity contribution is 6.31. The number of para-hydroxylation sites is 1. The molecule has 4 aromatic rings. The van der Waals surface area contributed by atoms with Crippen molar-refractivity contribution in [2.45, 2.75) is 6.92 Å². The van der Waals surface area contributed by atoms with E-state index in [4.69, 9.17) is 21.1 Å². The second-order valence-electron chi connectivity index (χ2n) is 6.82. The van der Waals surface area contributed by atoms with Crippen LogP contribution in [0.4, 0.5) is 0 Å². The van der Waals surface area contributed by atoms with E-state index < -0.39 is 5.56 Å². The van der Waals surface area contributed by atoms with E-state index in [1.165, 1.54) is 14.2 Å². The van der Waals surface area contributed by atoms with Crippen LogP contribution in [-0.2, 0) is 0 Å². The average molecular weight is 433 g/mol. The van der Waals surface area contributed by atoms with Crippen molar-refractivity contribution in [2.24, 2.45) is 0 Å². The minimum absolute atomic E-state index is 0.118. The summed E-state index contributed by atoms with van der Waals surface area (Å²) >= 11 is 6.38. The molecule has 0 fully saturated rings. The van der Waals surface area contributed by atoms with Crippen LogP contribution in [0.25, 0.3) is 33.5 Å². The summed E-state index contributed by atoms with van der Waals surface area (Å²) in [5.41, 5.74) is 2.45. The Morgan fingerprint density at radius 1 is 1.16 bits per heavy atom. The number of pyridine rings is 1. The van der Waals surface area contributed by atoms with Gasteiger partial charge in [0, 0.05) is 17.0 Å². The molecule has 4 rings (SSSR count). The number of nitriles is 1.